The first-order valence-electron chi connectivity index (χ1n) is 5.52. The third kappa shape index (κ3) is 2.37. The van der Waals surface area contributed by atoms with E-state index in [1.165, 1.54) is 7.05 Å². The minimum absolute atomic E-state index is 0.309. The summed E-state index contributed by atoms with van der Waals surface area (Å²) in [6.45, 7) is 0. The summed E-state index contributed by atoms with van der Waals surface area (Å²) in [5.74, 6) is -1.50. The standard InChI is InChI=1S/C12H10BrN3O4/c1-14-9(17)8-10(18)15-12(20)16(11(8)19)7-4-2-3-6(13)5-7/h2-5,19H,1H3,(H,14,17)(H,15,18,20). The van der Waals surface area contributed by atoms with Gasteiger partial charge in [0.15, 0.2) is 5.56 Å². The fourth-order valence-corrected chi connectivity index (χ4v) is 2.10. The van der Waals surface area contributed by atoms with Crippen LogP contribution in [0.3, 0.4) is 0 Å². The highest BCUT2D eigenvalue weighted by Crippen LogP contribution is 2.19. The van der Waals surface area contributed by atoms with E-state index in [0.717, 1.165) is 4.57 Å². The van der Waals surface area contributed by atoms with Gasteiger partial charge in [0.2, 0.25) is 5.88 Å². The first-order chi connectivity index (χ1) is 9.45. The lowest BCUT2D eigenvalue weighted by molar-refractivity contribution is 0.0957. The van der Waals surface area contributed by atoms with Gasteiger partial charge in [-0.25, -0.2) is 9.36 Å². The molecule has 0 saturated heterocycles. The lowest BCUT2D eigenvalue weighted by atomic mass is 10.2. The molecule has 1 heterocycles. The average Bonchev–Trinajstić information content (AvgIpc) is 2.37. The Balaban J connectivity index is 2.81. The topological polar surface area (TPSA) is 104 Å². The number of H-pyrrole nitrogens is 1. The van der Waals surface area contributed by atoms with E-state index in [-0.39, 0.29) is 0 Å². The monoisotopic (exact) mass is 339 g/mol. The molecule has 7 nitrogen and oxygen atoms in total. The minimum atomic E-state index is -0.946. The molecule has 0 aliphatic heterocycles. The molecule has 0 aliphatic rings. The van der Waals surface area contributed by atoms with Crippen LogP contribution in [0.4, 0.5) is 0 Å². The van der Waals surface area contributed by atoms with Crippen LogP contribution >= 0.6 is 15.9 Å². The SMILES string of the molecule is CNC(=O)c1c(O)n(-c2cccc(Br)c2)c(=O)[nH]c1=O. The number of halogens is 1. The third-order valence-corrected chi connectivity index (χ3v) is 3.10. The zero-order chi connectivity index (χ0) is 14.9. The number of aromatic nitrogens is 2. The minimum Gasteiger partial charge on any atom is -0.493 e. The fourth-order valence-electron chi connectivity index (χ4n) is 1.71. The number of hydrogen-bond acceptors (Lipinski definition) is 4. The molecule has 0 radical (unpaired) electrons. The molecule has 8 heteroatoms. The Labute approximate surface area is 121 Å². The Morgan fingerprint density at radius 3 is 2.70 bits per heavy atom. The predicted molar refractivity (Wildman–Crippen MR) is 75.4 cm³/mol. The van der Waals surface area contributed by atoms with Gasteiger partial charge in [-0.15, -0.1) is 0 Å². The lowest BCUT2D eigenvalue weighted by Crippen LogP contribution is -2.35. The van der Waals surface area contributed by atoms with Crippen molar-refractivity contribution in [2.75, 3.05) is 7.05 Å². The zero-order valence-corrected chi connectivity index (χ0v) is 11.9. The molecule has 1 aromatic heterocycles. The summed E-state index contributed by atoms with van der Waals surface area (Å²) in [5.41, 5.74) is -1.99. The molecule has 0 bridgehead atoms. The summed E-state index contributed by atoms with van der Waals surface area (Å²) in [4.78, 5) is 37.0. The maximum Gasteiger partial charge on any atom is 0.335 e. The molecule has 1 amide bonds. The highest BCUT2D eigenvalue weighted by Gasteiger charge is 2.20. The summed E-state index contributed by atoms with van der Waals surface area (Å²) < 4.78 is 1.52. The van der Waals surface area contributed by atoms with Gasteiger partial charge in [0, 0.05) is 11.5 Å². The van der Waals surface area contributed by atoms with Gasteiger partial charge in [-0.1, -0.05) is 22.0 Å². The first-order valence-corrected chi connectivity index (χ1v) is 6.31. The number of amides is 1. The number of aromatic hydroxyl groups is 1. The number of carbonyl (C=O) groups is 1. The number of benzene rings is 1. The number of rotatable bonds is 2. The first kappa shape index (κ1) is 14.1. The van der Waals surface area contributed by atoms with Gasteiger partial charge in [-0.05, 0) is 18.2 Å². The van der Waals surface area contributed by atoms with Crippen LogP contribution in [0.5, 0.6) is 5.88 Å². The molecule has 0 spiro atoms. The molecule has 0 unspecified atom stereocenters. The van der Waals surface area contributed by atoms with Gasteiger partial charge in [-0.3, -0.25) is 14.6 Å². The molecule has 0 atom stereocenters. The van der Waals surface area contributed by atoms with E-state index in [2.05, 4.69) is 21.2 Å². The van der Waals surface area contributed by atoms with Crippen molar-refractivity contribution in [2.45, 2.75) is 0 Å². The molecule has 1 aromatic carbocycles. The van der Waals surface area contributed by atoms with E-state index in [1.54, 1.807) is 24.3 Å². The number of hydrogen-bond donors (Lipinski definition) is 3. The highest BCUT2D eigenvalue weighted by molar-refractivity contribution is 9.10. The number of carbonyl (C=O) groups excluding carboxylic acids is 1. The quantitative estimate of drug-likeness (QED) is 0.734. The van der Waals surface area contributed by atoms with Gasteiger partial charge in [-0.2, -0.15) is 0 Å². The Bertz CT molecular complexity index is 794. The van der Waals surface area contributed by atoms with Crippen molar-refractivity contribution in [3.8, 4) is 11.6 Å². The molecule has 20 heavy (non-hydrogen) atoms. The number of aromatic amines is 1. The summed E-state index contributed by atoms with van der Waals surface area (Å²) in [7, 11) is 1.32. The summed E-state index contributed by atoms with van der Waals surface area (Å²) in [6.07, 6.45) is 0. The molecule has 0 saturated carbocycles. The number of nitrogens with zero attached hydrogens (tertiary/aromatic N) is 1. The van der Waals surface area contributed by atoms with Crippen molar-refractivity contribution >= 4 is 21.8 Å². The largest absolute Gasteiger partial charge is 0.493 e. The van der Waals surface area contributed by atoms with Crippen molar-refractivity contribution in [1.82, 2.24) is 14.9 Å². The smallest absolute Gasteiger partial charge is 0.335 e. The lowest BCUT2D eigenvalue weighted by Gasteiger charge is -2.10. The zero-order valence-electron chi connectivity index (χ0n) is 10.3. The summed E-state index contributed by atoms with van der Waals surface area (Å²) in [6, 6.07) is 6.50. The van der Waals surface area contributed by atoms with Crippen LogP contribution in [-0.2, 0) is 0 Å². The van der Waals surface area contributed by atoms with Crippen molar-refractivity contribution < 1.29 is 9.90 Å². The van der Waals surface area contributed by atoms with Crippen molar-refractivity contribution in [1.29, 1.82) is 0 Å². The molecule has 0 fully saturated rings. The third-order valence-electron chi connectivity index (χ3n) is 2.61. The van der Waals surface area contributed by atoms with Crippen LogP contribution in [0.1, 0.15) is 10.4 Å². The van der Waals surface area contributed by atoms with Crippen molar-refractivity contribution in [3.63, 3.8) is 0 Å². The van der Waals surface area contributed by atoms with E-state index in [0.29, 0.717) is 10.2 Å². The van der Waals surface area contributed by atoms with Crippen LogP contribution in [0.2, 0.25) is 0 Å². The molecule has 0 aliphatic carbocycles. The van der Waals surface area contributed by atoms with E-state index in [4.69, 9.17) is 0 Å². The molecule has 2 rings (SSSR count). The molecular formula is C12H10BrN3O4. The number of nitrogens with one attached hydrogen (secondary N) is 2. The van der Waals surface area contributed by atoms with E-state index < -0.39 is 28.6 Å². The van der Waals surface area contributed by atoms with Gasteiger partial charge >= 0.3 is 5.69 Å². The second-order valence-corrected chi connectivity index (χ2v) is 4.77. The van der Waals surface area contributed by atoms with E-state index in [9.17, 15) is 19.5 Å². The predicted octanol–water partition coefficient (Wildman–Crippen LogP) is 0.353. The van der Waals surface area contributed by atoms with Gasteiger partial charge in [0.25, 0.3) is 11.5 Å². The van der Waals surface area contributed by atoms with Crippen molar-refractivity contribution in [3.05, 3.63) is 55.1 Å². The van der Waals surface area contributed by atoms with E-state index in [1.807, 2.05) is 4.98 Å². The highest BCUT2D eigenvalue weighted by atomic mass is 79.9. The van der Waals surface area contributed by atoms with Gasteiger partial charge in [0.05, 0.1) is 5.69 Å². The van der Waals surface area contributed by atoms with E-state index >= 15 is 0 Å². The van der Waals surface area contributed by atoms with Crippen LogP contribution in [0.25, 0.3) is 5.69 Å². The summed E-state index contributed by atoms with van der Waals surface area (Å²) in [5, 5.41) is 12.3. The second kappa shape index (κ2) is 5.33. The maximum absolute atomic E-state index is 11.8. The fraction of sp³-hybridized carbons (Fsp3) is 0.0833. The second-order valence-electron chi connectivity index (χ2n) is 3.85. The maximum atomic E-state index is 11.8. The van der Waals surface area contributed by atoms with Crippen molar-refractivity contribution in [2.24, 2.45) is 0 Å². The Morgan fingerprint density at radius 1 is 1.40 bits per heavy atom. The Kier molecular flexibility index (Phi) is 3.75. The van der Waals surface area contributed by atoms with Crippen LogP contribution in [-0.4, -0.2) is 27.6 Å². The Morgan fingerprint density at radius 2 is 2.10 bits per heavy atom. The average molecular weight is 340 g/mol. The molecule has 104 valence electrons. The molecule has 3 N–H and O–H groups in total. The summed E-state index contributed by atoms with van der Waals surface area (Å²) >= 11 is 3.24. The van der Waals surface area contributed by atoms with Gasteiger partial charge < -0.3 is 10.4 Å². The molecule has 2 aromatic rings. The molecular weight excluding hydrogens is 330 g/mol. The van der Waals surface area contributed by atoms with Crippen LogP contribution in [0, 0.1) is 0 Å². The normalized spacial score (nSPS) is 10.3. The Hall–Kier alpha value is -2.35. The van der Waals surface area contributed by atoms with Crippen LogP contribution in [0.15, 0.2) is 38.3 Å². The van der Waals surface area contributed by atoms with Gasteiger partial charge in [0.1, 0.15) is 0 Å². The van der Waals surface area contributed by atoms with Crippen LogP contribution < -0.4 is 16.6 Å².